The number of nitro groups is 1. The zero-order valence-electron chi connectivity index (χ0n) is 9.39. The monoisotopic (exact) mass is 237 g/mol. The van der Waals surface area contributed by atoms with E-state index in [1.807, 2.05) is 0 Å². The molecule has 0 aliphatic carbocycles. The maximum atomic E-state index is 11.6. The first kappa shape index (κ1) is 12.8. The van der Waals surface area contributed by atoms with Gasteiger partial charge in [0, 0.05) is 6.42 Å². The molecule has 7 heteroatoms. The van der Waals surface area contributed by atoms with Crippen LogP contribution in [-0.2, 0) is 4.79 Å². The molecule has 0 saturated carbocycles. The van der Waals surface area contributed by atoms with Gasteiger partial charge in [-0.3, -0.25) is 14.9 Å². The highest BCUT2D eigenvalue weighted by atomic mass is 16.6. The smallest absolute Gasteiger partial charge is 0.358 e. The molecule has 0 bridgehead atoms. The summed E-state index contributed by atoms with van der Waals surface area (Å²) in [6.45, 7) is 3.01. The molecule has 0 fully saturated rings. The van der Waals surface area contributed by atoms with E-state index >= 15 is 0 Å². The van der Waals surface area contributed by atoms with Gasteiger partial charge in [0.15, 0.2) is 0 Å². The van der Waals surface area contributed by atoms with Crippen molar-refractivity contribution < 1.29 is 14.5 Å². The van der Waals surface area contributed by atoms with Gasteiger partial charge in [0.2, 0.25) is 5.91 Å². The van der Waals surface area contributed by atoms with Crippen LogP contribution < -0.4 is 5.32 Å². The molecule has 90 valence electrons. The van der Waals surface area contributed by atoms with E-state index in [0.717, 1.165) is 6.20 Å². The van der Waals surface area contributed by atoms with Crippen molar-refractivity contribution in [3.8, 4) is 0 Å². The van der Waals surface area contributed by atoms with Gasteiger partial charge < -0.3 is 10.1 Å². The first-order chi connectivity index (χ1) is 7.97. The molecule has 0 spiro atoms. The third-order valence-corrected chi connectivity index (χ3v) is 2.17. The summed E-state index contributed by atoms with van der Waals surface area (Å²) in [4.78, 5) is 36.2. The van der Waals surface area contributed by atoms with E-state index in [9.17, 15) is 19.7 Å². The minimum Gasteiger partial charge on any atom is -0.358 e. The van der Waals surface area contributed by atoms with Crippen LogP contribution in [0.15, 0.2) is 12.3 Å². The Morgan fingerprint density at radius 3 is 2.71 bits per heavy atom. The highest BCUT2D eigenvalue weighted by Gasteiger charge is 2.20. The average Bonchev–Trinajstić information content (AvgIpc) is 2.28. The molecule has 1 aromatic heterocycles. The molecule has 0 aromatic carbocycles. The van der Waals surface area contributed by atoms with E-state index < -0.39 is 16.7 Å². The third kappa shape index (κ3) is 2.83. The van der Waals surface area contributed by atoms with Gasteiger partial charge in [-0.15, -0.1) is 0 Å². The van der Waals surface area contributed by atoms with Gasteiger partial charge in [0.1, 0.15) is 6.20 Å². The molecule has 0 unspecified atom stereocenters. The van der Waals surface area contributed by atoms with E-state index in [1.54, 1.807) is 6.92 Å². The number of hydrogen-bond donors (Lipinski definition) is 1. The molecule has 7 nitrogen and oxygen atoms in total. The number of nitrogens with one attached hydrogen (secondary N) is 1. The van der Waals surface area contributed by atoms with Crippen molar-refractivity contribution in [2.24, 2.45) is 0 Å². The number of aromatic nitrogens is 1. The Labute approximate surface area is 97.0 Å². The number of carbonyl (C=O) groups is 2. The normalized spacial score (nSPS) is 9.76. The van der Waals surface area contributed by atoms with E-state index in [1.165, 1.54) is 13.0 Å². The highest BCUT2D eigenvalue weighted by molar-refractivity contribution is 6.05. The van der Waals surface area contributed by atoms with Gasteiger partial charge in [-0.25, -0.2) is 0 Å². The summed E-state index contributed by atoms with van der Waals surface area (Å²) in [7, 11) is 0. The molecule has 0 aliphatic heterocycles. The summed E-state index contributed by atoms with van der Waals surface area (Å²) < 4.78 is 0. The van der Waals surface area contributed by atoms with Gasteiger partial charge in [-0.1, -0.05) is 6.92 Å². The lowest BCUT2D eigenvalue weighted by molar-refractivity contribution is -0.390. The first-order valence-electron chi connectivity index (χ1n) is 4.91. The number of rotatable bonds is 3. The van der Waals surface area contributed by atoms with Crippen LogP contribution in [0.25, 0.3) is 0 Å². The van der Waals surface area contributed by atoms with E-state index in [4.69, 9.17) is 0 Å². The van der Waals surface area contributed by atoms with Crippen molar-refractivity contribution in [2.75, 3.05) is 0 Å². The minimum absolute atomic E-state index is 0.0773. The highest BCUT2D eigenvalue weighted by Crippen LogP contribution is 2.17. The molecule has 1 rings (SSSR count). The van der Waals surface area contributed by atoms with Crippen LogP contribution in [0, 0.1) is 17.0 Å². The van der Waals surface area contributed by atoms with E-state index in [0.29, 0.717) is 0 Å². The molecule has 1 heterocycles. The molecule has 1 N–H and O–H groups in total. The summed E-state index contributed by atoms with van der Waals surface area (Å²) >= 11 is 0. The molecule has 0 saturated heterocycles. The lowest BCUT2D eigenvalue weighted by Crippen LogP contribution is -2.30. The fraction of sp³-hybridized carbons (Fsp3) is 0.300. The third-order valence-electron chi connectivity index (χ3n) is 2.17. The second-order valence-corrected chi connectivity index (χ2v) is 3.30. The Morgan fingerprint density at radius 2 is 2.18 bits per heavy atom. The Bertz CT molecular complexity index is 484. The summed E-state index contributed by atoms with van der Waals surface area (Å²) in [6, 6.07) is 1.33. The van der Waals surface area contributed by atoms with E-state index in [-0.39, 0.29) is 23.4 Å². The Hall–Kier alpha value is -2.31. The Balaban J connectivity index is 3.07. The number of imide groups is 1. The predicted molar refractivity (Wildman–Crippen MR) is 58.4 cm³/mol. The SMILES string of the molecule is CCC(=O)NC(=O)c1ccnc([N+](=O)[O-])c1C. The van der Waals surface area contributed by atoms with Crippen LogP contribution in [0.5, 0.6) is 0 Å². The summed E-state index contributed by atoms with van der Waals surface area (Å²) in [5.74, 6) is -1.48. The fourth-order valence-corrected chi connectivity index (χ4v) is 1.24. The van der Waals surface area contributed by atoms with Crippen molar-refractivity contribution in [3.63, 3.8) is 0 Å². The average molecular weight is 237 g/mol. The zero-order valence-corrected chi connectivity index (χ0v) is 9.39. The quantitative estimate of drug-likeness (QED) is 0.623. The topological polar surface area (TPSA) is 102 Å². The maximum Gasteiger partial charge on any atom is 0.367 e. The molecular weight excluding hydrogens is 226 g/mol. The minimum atomic E-state index is -0.673. The molecule has 1 aromatic rings. The van der Waals surface area contributed by atoms with Crippen molar-refractivity contribution in [2.45, 2.75) is 20.3 Å². The summed E-state index contributed by atoms with van der Waals surface area (Å²) in [5.41, 5.74) is 0.215. The van der Waals surface area contributed by atoms with Crippen LogP contribution in [0.1, 0.15) is 29.3 Å². The van der Waals surface area contributed by atoms with Crippen molar-refractivity contribution in [1.29, 1.82) is 0 Å². The number of pyridine rings is 1. The van der Waals surface area contributed by atoms with Crippen molar-refractivity contribution >= 4 is 17.6 Å². The largest absolute Gasteiger partial charge is 0.367 e. The molecule has 17 heavy (non-hydrogen) atoms. The number of hydrogen-bond acceptors (Lipinski definition) is 5. The maximum absolute atomic E-state index is 11.6. The Morgan fingerprint density at radius 1 is 1.53 bits per heavy atom. The molecule has 2 amide bonds. The molecule has 0 atom stereocenters. The van der Waals surface area contributed by atoms with Crippen molar-refractivity contribution in [1.82, 2.24) is 10.3 Å². The second kappa shape index (κ2) is 5.15. The van der Waals surface area contributed by atoms with Crippen molar-refractivity contribution in [3.05, 3.63) is 33.5 Å². The van der Waals surface area contributed by atoms with Crippen LogP contribution in [0.3, 0.4) is 0 Å². The van der Waals surface area contributed by atoms with Crippen LogP contribution in [-0.4, -0.2) is 21.7 Å². The second-order valence-electron chi connectivity index (χ2n) is 3.30. The fourth-order valence-electron chi connectivity index (χ4n) is 1.24. The lowest BCUT2D eigenvalue weighted by Gasteiger charge is -2.05. The number of carbonyl (C=O) groups excluding carboxylic acids is 2. The standard InChI is InChI=1S/C10H11N3O4/c1-3-8(14)12-10(15)7-4-5-11-9(6(7)2)13(16)17/h4-5H,3H2,1-2H3,(H,12,14,15). The first-order valence-corrected chi connectivity index (χ1v) is 4.91. The van der Waals surface area contributed by atoms with E-state index in [2.05, 4.69) is 10.3 Å². The summed E-state index contributed by atoms with van der Waals surface area (Å²) in [6.07, 6.45) is 1.33. The van der Waals surface area contributed by atoms with Crippen LogP contribution in [0.2, 0.25) is 0 Å². The number of amides is 2. The molecular formula is C10H11N3O4. The summed E-state index contributed by atoms with van der Waals surface area (Å²) in [5, 5.41) is 12.7. The van der Waals surface area contributed by atoms with Crippen LogP contribution in [0.4, 0.5) is 5.82 Å². The van der Waals surface area contributed by atoms with Gasteiger partial charge in [-0.05, 0) is 22.9 Å². The number of nitrogens with zero attached hydrogens (tertiary/aromatic N) is 2. The lowest BCUT2D eigenvalue weighted by atomic mass is 10.1. The zero-order chi connectivity index (χ0) is 13.0. The van der Waals surface area contributed by atoms with Crippen LogP contribution >= 0.6 is 0 Å². The Kier molecular flexibility index (Phi) is 3.86. The van der Waals surface area contributed by atoms with Gasteiger partial charge in [0.05, 0.1) is 11.1 Å². The molecule has 0 radical (unpaired) electrons. The predicted octanol–water partition coefficient (Wildman–Crippen LogP) is 0.965. The van der Waals surface area contributed by atoms with Gasteiger partial charge >= 0.3 is 5.82 Å². The van der Waals surface area contributed by atoms with Gasteiger partial charge in [0.25, 0.3) is 5.91 Å². The molecule has 0 aliphatic rings. The van der Waals surface area contributed by atoms with Gasteiger partial charge in [-0.2, -0.15) is 0 Å².